The van der Waals surface area contributed by atoms with E-state index in [1.165, 1.54) is 6.42 Å². The summed E-state index contributed by atoms with van der Waals surface area (Å²) in [5, 5.41) is 3.41. The molecule has 3 N–H and O–H groups in total. The predicted octanol–water partition coefficient (Wildman–Crippen LogP) is -0.411. The molecular weight excluding hydrogens is 278 g/mol. The lowest BCUT2D eigenvalue weighted by Gasteiger charge is -2.37. The van der Waals surface area contributed by atoms with E-state index in [2.05, 4.69) is 15.2 Å². The van der Waals surface area contributed by atoms with Crippen LogP contribution in [-0.4, -0.2) is 66.0 Å². The van der Waals surface area contributed by atoms with Crippen LogP contribution < -0.4 is 11.1 Å². The molecule has 2 aliphatic heterocycles. The standard InChI is InChI=1S/C16H25N5O/c17-11-14-9-13(1-4-19-14)10-16(22)21-7-5-20(6-8-21)15-2-3-18-12-15/h1,4,9,15,18H,2-3,5-8,10-12,17H2. The van der Waals surface area contributed by atoms with Crippen LogP contribution in [0.15, 0.2) is 18.3 Å². The van der Waals surface area contributed by atoms with Gasteiger partial charge < -0.3 is 16.0 Å². The Balaban J connectivity index is 1.51. The fraction of sp³-hybridized carbons (Fsp3) is 0.625. The van der Waals surface area contributed by atoms with Crippen LogP contribution in [0, 0.1) is 0 Å². The molecule has 1 amide bonds. The number of piperazine rings is 1. The highest BCUT2D eigenvalue weighted by molar-refractivity contribution is 5.78. The van der Waals surface area contributed by atoms with E-state index < -0.39 is 0 Å². The Bertz CT molecular complexity index is 507. The SMILES string of the molecule is NCc1cc(CC(=O)N2CCN(C3CCNC3)CC2)ccn1. The molecule has 0 spiro atoms. The van der Waals surface area contributed by atoms with Gasteiger partial charge in [0.2, 0.25) is 5.91 Å². The minimum Gasteiger partial charge on any atom is -0.340 e. The molecule has 2 aliphatic rings. The molecule has 22 heavy (non-hydrogen) atoms. The molecule has 0 bridgehead atoms. The summed E-state index contributed by atoms with van der Waals surface area (Å²) >= 11 is 0. The highest BCUT2D eigenvalue weighted by atomic mass is 16.2. The first kappa shape index (κ1) is 15.4. The minimum atomic E-state index is 0.207. The van der Waals surface area contributed by atoms with E-state index in [0.717, 1.165) is 50.5 Å². The van der Waals surface area contributed by atoms with Gasteiger partial charge in [0.05, 0.1) is 12.1 Å². The number of nitrogens with zero attached hydrogens (tertiary/aromatic N) is 3. The number of carbonyl (C=O) groups excluding carboxylic acids is 1. The molecule has 6 heteroatoms. The van der Waals surface area contributed by atoms with Crippen molar-refractivity contribution >= 4 is 5.91 Å². The molecule has 3 rings (SSSR count). The van der Waals surface area contributed by atoms with Crippen molar-refractivity contribution in [2.45, 2.75) is 25.4 Å². The normalized spacial score (nSPS) is 23.0. The summed E-state index contributed by atoms with van der Waals surface area (Å²) in [5.41, 5.74) is 7.44. The zero-order chi connectivity index (χ0) is 15.4. The third-order valence-electron chi connectivity index (χ3n) is 4.66. The smallest absolute Gasteiger partial charge is 0.227 e. The van der Waals surface area contributed by atoms with Gasteiger partial charge in [0.15, 0.2) is 0 Å². The first-order chi connectivity index (χ1) is 10.8. The lowest BCUT2D eigenvalue weighted by molar-refractivity contribution is -0.132. The highest BCUT2D eigenvalue weighted by Gasteiger charge is 2.27. The van der Waals surface area contributed by atoms with Crippen molar-refractivity contribution in [3.05, 3.63) is 29.6 Å². The van der Waals surface area contributed by atoms with Gasteiger partial charge in [0, 0.05) is 51.5 Å². The van der Waals surface area contributed by atoms with Gasteiger partial charge in [-0.2, -0.15) is 0 Å². The van der Waals surface area contributed by atoms with Gasteiger partial charge in [-0.25, -0.2) is 0 Å². The Morgan fingerprint density at radius 3 is 2.86 bits per heavy atom. The van der Waals surface area contributed by atoms with Crippen molar-refractivity contribution in [3.63, 3.8) is 0 Å². The molecule has 1 aromatic heterocycles. The Hall–Kier alpha value is -1.50. The fourth-order valence-electron chi connectivity index (χ4n) is 3.32. The number of aromatic nitrogens is 1. The second kappa shape index (κ2) is 7.17. The maximum absolute atomic E-state index is 12.4. The van der Waals surface area contributed by atoms with Gasteiger partial charge in [0.25, 0.3) is 0 Å². The molecular formula is C16H25N5O. The van der Waals surface area contributed by atoms with Crippen LogP contribution in [0.5, 0.6) is 0 Å². The summed E-state index contributed by atoms with van der Waals surface area (Å²) in [7, 11) is 0. The van der Waals surface area contributed by atoms with Crippen molar-refractivity contribution in [2.75, 3.05) is 39.3 Å². The van der Waals surface area contributed by atoms with Gasteiger partial charge in [-0.15, -0.1) is 0 Å². The fourth-order valence-corrected chi connectivity index (χ4v) is 3.32. The molecule has 1 unspecified atom stereocenters. The zero-order valence-electron chi connectivity index (χ0n) is 13.0. The van der Waals surface area contributed by atoms with Crippen LogP contribution >= 0.6 is 0 Å². The van der Waals surface area contributed by atoms with Crippen LogP contribution in [-0.2, 0) is 17.8 Å². The molecule has 0 radical (unpaired) electrons. The summed E-state index contributed by atoms with van der Waals surface area (Å²) < 4.78 is 0. The Kier molecular flexibility index (Phi) is 5.02. The molecule has 120 valence electrons. The maximum atomic E-state index is 12.4. The summed E-state index contributed by atoms with van der Waals surface area (Å²) in [4.78, 5) is 21.1. The summed E-state index contributed by atoms with van der Waals surface area (Å²) in [6.45, 7) is 6.28. The van der Waals surface area contributed by atoms with Crippen molar-refractivity contribution in [2.24, 2.45) is 5.73 Å². The molecule has 1 aromatic rings. The third-order valence-corrected chi connectivity index (χ3v) is 4.66. The van der Waals surface area contributed by atoms with Crippen LogP contribution in [0.2, 0.25) is 0 Å². The van der Waals surface area contributed by atoms with E-state index in [9.17, 15) is 4.79 Å². The molecule has 3 heterocycles. The quantitative estimate of drug-likeness (QED) is 0.791. The van der Waals surface area contributed by atoms with Crippen LogP contribution in [0.4, 0.5) is 0 Å². The van der Waals surface area contributed by atoms with Gasteiger partial charge >= 0.3 is 0 Å². The van der Waals surface area contributed by atoms with E-state index in [0.29, 0.717) is 19.0 Å². The Morgan fingerprint density at radius 2 is 2.18 bits per heavy atom. The molecule has 2 saturated heterocycles. The van der Waals surface area contributed by atoms with Crippen LogP contribution in [0.1, 0.15) is 17.7 Å². The molecule has 1 atom stereocenters. The maximum Gasteiger partial charge on any atom is 0.227 e. The second-order valence-corrected chi connectivity index (χ2v) is 6.10. The number of pyridine rings is 1. The lowest BCUT2D eigenvalue weighted by atomic mass is 10.1. The lowest BCUT2D eigenvalue weighted by Crippen LogP contribution is -2.52. The van der Waals surface area contributed by atoms with Gasteiger partial charge in [-0.3, -0.25) is 14.7 Å². The second-order valence-electron chi connectivity index (χ2n) is 6.10. The molecule has 0 aliphatic carbocycles. The number of rotatable bonds is 4. The highest BCUT2D eigenvalue weighted by Crippen LogP contribution is 2.13. The van der Waals surface area contributed by atoms with Crippen LogP contribution in [0.3, 0.4) is 0 Å². The minimum absolute atomic E-state index is 0.207. The molecule has 6 nitrogen and oxygen atoms in total. The number of hydrogen-bond acceptors (Lipinski definition) is 5. The Labute approximate surface area is 131 Å². The average Bonchev–Trinajstić information content (AvgIpc) is 3.09. The summed E-state index contributed by atoms with van der Waals surface area (Å²) in [6.07, 6.45) is 3.41. The van der Waals surface area contributed by atoms with E-state index >= 15 is 0 Å². The van der Waals surface area contributed by atoms with Gasteiger partial charge in [-0.1, -0.05) is 0 Å². The van der Waals surface area contributed by atoms with Crippen molar-refractivity contribution in [1.82, 2.24) is 20.1 Å². The zero-order valence-corrected chi connectivity index (χ0v) is 13.0. The Morgan fingerprint density at radius 1 is 1.36 bits per heavy atom. The number of nitrogens with two attached hydrogens (primary N) is 1. The molecule has 2 fully saturated rings. The molecule has 0 saturated carbocycles. The number of amides is 1. The number of carbonyl (C=O) groups is 1. The monoisotopic (exact) mass is 303 g/mol. The van der Waals surface area contributed by atoms with Crippen LogP contribution in [0.25, 0.3) is 0 Å². The molecule has 0 aromatic carbocycles. The first-order valence-corrected chi connectivity index (χ1v) is 8.12. The van der Waals surface area contributed by atoms with E-state index in [1.54, 1.807) is 6.20 Å². The largest absolute Gasteiger partial charge is 0.340 e. The number of hydrogen-bond donors (Lipinski definition) is 2. The van der Waals surface area contributed by atoms with Crippen molar-refractivity contribution in [3.8, 4) is 0 Å². The predicted molar refractivity (Wildman–Crippen MR) is 85.3 cm³/mol. The first-order valence-electron chi connectivity index (χ1n) is 8.12. The van der Waals surface area contributed by atoms with E-state index in [-0.39, 0.29) is 5.91 Å². The summed E-state index contributed by atoms with van der Waals surface area (Å²) in [6, 6.07) is 4.49. The number of nitrogens with one attached hydrogen (secondary N) is 1. The van der Waals surface area contributed by atoms with E-state index in [4.69, 9.17) is 5.73 Å². The van der Waals surface area contributed by atoms with E-state index in [1.807, 2.05) is 17.0 Å². The van der Waals surface area contributed by atoms with Crippen molar-refractivity contribution in [1.29, 1.82) is 0 Å². The average molecular weight is 303 g/mol. The topological polar surface area (TPSA) is 74.5 Å². The summed E-state index contributed by atoms with van der Waals surface area (Å²) in [5.74, 6) is 0.207. The van der Waals surface area contributed by atoms with Gasteiger partial charge in [0.1, 0.15) is 0 Å². The third kappa shape index (κ3) is 3.63. The van der Waals surface area contributed by atoms with Gasteiger partial charge in [-0.05, 0) is 30.7 Å². The van der Waals surface area contributed by atoms with Crippen molar-refractivity contribution < 1.29 is 4.79 Å².